The first-order chi connectivity index (χ1) is 7.48. The molecule has 1 saturated carbocycles. The Morgan fingerprint density at radius 3 is 2.62 bits per heavy atom. The summed E-state index contributed by atoms with van der Waals surface area (Å²) in [6, 6.07) is 1.29. The molecule has 1 aliphatic rings. The molecule has 0 radical (unpaired) electrons. The van der Waals surface area contributed by atoms with Crippen LogP contribution >= 0.6 is 0 Å². The van der Waals surface area contributed by atoms with Crippen LogP contribution in [0.15, 0.2) is 0 Å². The van der Waals surface area contributed by atoms with Gasteiger partial charge in [-0.2, -0.15) is 0 Å². The van der Waals surface area contributed by atoms with Gasteiger partial charge in [0.2, 0.25) is 0 Å². The van der Waals surface area contributed by atoms with E-state index in [2.05, 4.69) is 33.0 Å². The van der Waals surface area contributed by atoms with Crippen LogP contribution in [0, 0.1) is 5.92 Å². The molecule has 0 aromatic heterocycles. The highest BCUT2D eigenvalue weighted by atomic mass is 16.5. The van der Waals surface area contributed by atoms with Crippen molar-refractivity contribution in [1.29, 1.82) is 0 Å². The maximum Gasteiger partial charge on any atom is 0.0637 e. The minimum absolute atomic E-state index is 0.00721. The Hall–Kier alpha value is -0.0800. The summed E-state index contributed by atoms with van der Waals surface area (Å²) in [5.41, 5.74) is -0.00721. The summed E-state index contributed by atoms with van der Waals surface area (Å²) in [6.07, 6.45) is 6.57. The molecule has 2 heteroatoms. The van der Waals surface area contributed by atoms with Crippen LogP contribution < -0.4 is 5.32 Å². The van der Waals surface area contributed by atoms with Crippen LogP contribution in [0.3, 0.4) is 0 Å². The number of hydrogen-bond acceptors (Lipinski definition) is 2. The van der Waals surface area contributed by atoms with Gasteiger partial charge in [0.15, 0.2) is 0 Å². The first kappa shape index (κ1) is 14.0. The third-order valence-corrected chi connectivity index (χ3v) is 4.03. The summed E-state index contributed by atoms with van der Waals surface area (Å²) in [7, 11) is 1.80. The fourth-order valence-corrected chi connectivity index (χ4v) is 2.99. The van der Waals surface area contributed by atoms with Gasteiger partial charge in [0, 0.05) is 19.2 Å². The molecule has 1 aliphatic carbocycles. The van der Waals surface area contributed by atoms with E-state index in [1.54, 1.807) is 7.11 Å². The molecule has 0 saturated heterocycles. The average Bonchev–Trinajstić information content (AvgIpc) is 2.64. The van der Waals surface area contributed by atoms with E-state index in [1.165, 1.54) is 25.7 Å². The van der Waals surface area contributed by atoms with Gasteiger partial charge in [-0.1, -0.05) is 19.8 Å². The lowest BCUT2D eigenvalue weighted by Crippen LogP contribution is -2.42. The van der Waals surface area contributed by atoms with Crippen molar-refractivity contribution in [3.05, 3.63) is 0 Å². The van der Waals surface area contributed by atoms with E-state index in [4.69, 9.17) is 4.74 Å². The molecular weight excluding hydrogens is 198 g/mol. The van der Waals surface area contributed by atoms with Crippen molar-refractivity contribution in [3.8, 4) is 0 Å². The van der Waals surface area contributed by atoms with Gasteiger partial charge < -0.3 is 10.1 Å². The van der Waals surface area contributed by atoms with Crippen molar-refractivity contribution in [2.24, 2.45) is 5.92 Å². The van der Waals surface area contributed by atoms with Gasteiger partial charge in [-0.25, -0.2) is 0 Å². The normalized spacial score (nSPS) is 28.3. The molecule has 0 amide bonds. The van der Waals surface area contributed by atoms with Crippen molar-refractivity contribution in [2.75, 3.05) is 7.11 Å². The molecule has 3 unspecified atom stereocenters. The van der Waals surface area contributed by atoms with E-state index in [-0.39, 0.29) is 5.60 Å². The largest absolute Gasteiger partial charge is 0.379 e. The lowest BCUT2D eigenvalue weighted by atomic mass is 9.96. The monoisotopic (exact) mass is 227 g/mol. The second-order valence-electron chi connectivity index (χ2n) is 5.94. The Labute approximate surface area is 101 Å². The zero-order valence-corrected chi connectivity index (χ0v) is 11.7. The van der Waals surface area contributed by atoms with E-state index in [9.17, 15) is 0 Å². The number of ether oxygens (including phenoxy) is 1. The minimum Gasteiger partial charge on any atom is -0.379 e. The van der Waals surface area contributed by atoms with Crippen molar-refractivity contribution in [2.45, 2.75) is 77.5 Å². The van der Waals surface area contributed by atoms with Crippen molar-refractivity contribution < 1.29 is 4.74 Å². The first-order valence-electron chi connectivity index (χ1n) is 6.79. The number of nitrogens with one attached hydrogen (secondary N) is 1. The van der Waals surface area contributed by atoms with Crippen molar-refractivity contribution >= 4 is 0 Å². The quantitative estimate of drug-likeness (QED) is 0.751. The standard InChI is InChI=1S/C14H29NO/c1-6-12-8-7-9-13(12)15-11(2)10-14(3,4)16-5/h11-13,15H,6-10H2,1-5H3. The van der Waals surface area contributed by atoms with Crippen LogP contribution in [0.4, 0.5) is 0 Å². The maximum absolute atomic E-state index is 5.49. The SMILES string of the molecule is CCC1CCCC1NC(C)CC(C)(C)OC. The Morgan fingerprint density at radius 2 is 2.06 bits per heavy atom. The zero-order chi connectivity index (χ0) is 12.2. The Bertz CT molecular complexity index is 203. The lowest BCUT2D eigenvalue weighted by Gasteiger charge is -2.30. The molecule has 0 spiro atoms. The smallest absolute Gasteiger partial charge is 0.0637 e. The van der Waals surface area contributed by atoms with E-state index in [0.717, 1.165) is 18.4 Å². The maximum atomic E-state index is 5.49. The number of hydrogen-bond donors (Lipinski definition) is 1. The van der Waals surface area contributed by atoms with E-state index in [0.29, 0.717) is 6.04 Å². The molecule has 16 heavy (non-hydrogen) atoms. The highest BCUT2D eigenvalue weighted by Crippen LogP contribution is 2.29. The van der Waals surface area contributed by atoms with Gasteiger partial charge >= 0.3 is 0 Å². The summed E-state index contributed by atoms with van der Waals surface area (Å²) in [6.45, 7) is 8.93. The second-order valence-corrected chi connectivity index (χ2v) is 5.94. The highest BCUT2D eigenvalue weighted by molar-refractivity contribution is 4.86. The van der Waals surface area contributed by atoms with Crippen LogP contribution in [0.1, 0.15) is 59.8 Å². The average molecular weight is 227 g/mol. The summed E-state index contributed by atoms with van der Waals surface area (Å²) < 4.78 is 5.49. The van der Waals surface area contributed by atoms with Crippen molar-refractivity contribution in [3.63, 3.8) is 0 Å². The van der Waals surface area contributed by atoms with Gasteiger partial charge in [-0.05, 0) is 46.0 Å². The molecule has 0 bridgehead atoms. The van der Waals surface area contributed by atoms with E-state index >= 15 is 0 Å². The van der Waals surface area contributed by atoms with Crippen molar-refractivity contribution in [1.82, 2.24) is 5.32 Å². The fraction of sp³-hybridized carbons (Fsp3) is 1.00. The molecule has 96 valence electrons. The molecule has 3 atom stereocenters. The van der Waals surface area contributed by atoms with Gasteiger partial charge in [0.1, 0.15) is 0 Å². The molecule has 0 aliphatic heterocycles. The van der Waals surface area contributed by atoms with Crippen LogP contribution in [-0.2, 0) is 4.74 Å². The molecule has 1 N–H and O–H groups in total. The molecule has 0 aromatic carbocycles. The van der Waals surface area contributed by atoms with Crippen LogP contribution in [0.25, 0.3) is 0 Å². The third-order valence-electron chi connectivity index (χ3n) is 4.03. The molecule has 1 fully saturated rings. The lowest BCUT2D eigenvalue weighted by molar-refractivity contribution is 0.00726. The number of methoxy groups -OCH3 is 1. The fourth-order valence-electron chi connectivity index (χ4n) is 2.99. The summed E-state index contributed by atoms with van der Waals surface area (Å²) in [4.78, 5) is 0. The van der Waals surface area contributed by atoms with Gasteiger partial charge in [0.05, 0.1) is 5.60 Å². The first-order valence-corrected chi connectivity index (χ1v) is 6.79. The molecule has 0 heterocycles. The van der Waals surface area contributed by atoms with Crippen LogP contribution in [0.5, 0.6) is 0 Å². The Morgan fingerprint density at radius 1 is 1.38 bits per heavy atom. The zero-order valence-electron chi connectivity index (χ0n) is 11.7. The molecule has 0 aromatic rings. The van der Waals surface area contributed by atoms with Crippen LogP contribution in [-0.4, -0.2) is 24.8 Å². The highest BCUT2D eigenvalue weighted by Gasteiger charge is 2.28. The molecule has 1 rings (SSSR count). The van der Waals surface area contributed by atoms with E-state index in [1.807, 2.05) is 0 Å². The Balaban J connectivity index is 2.36. The molecular formula is C14H29NO. The number of rotatable bonds is 6. The predicted molar refractivity (Wildman–Crippen MR) is 69.7 cm³/mol. The predicted octanol–water partition coefficient (Wildman–Crippen LogP) is 3.36. The van der Waals surface area contributed by atoms with Gasteiger partial charge in [-0.15, -0.1) is 0 Å². The summed E-state index contributed by atoms with van der Waals surface area (Å²) >= 11 is 0. The molecule has 2 nitrogen and oxygen atoms in total. The van der Waals surface area contributed by atoms with Crippen LogP contribution in [0.2, 0.25) is 0 Å². The van der Waals surface area contributed by atoms with E-state index < -0.39 is 0 Å². The topological polar surface area (TPSA) is 21.3 Å². The third kappa shape index (κ3) is 4.06. The Kier molecular flexibility index (Phi) is 5.26. The van der Waals surface area contributed by atoms with Gasteiger partial charge in [-0.3, -0.25) is 0 Å². The second kappa shape index (κ2) is 6.02. The van der Waals surface area contributed by atoms with Gasteiger partial charge in [0.25, 0.3) is 0 Å². The minimum atomic E-state index is -0.00721. The summed E-state index contributed by atoms with van der Waals surface area (Å²) in [5, 5.41) is 3.79. The summed E-state index contributed by atoms with van der Waals surface area (Å²) in [5.74, 6) is 0.896.